The molecule has 0 spiro atoms. The summed E-state index contributed by atoms with van der Waals surface area (Å²) in [4.78, 5) is 11.8. The highest BCUT2D eigenvalue weighted by molar-refractivity contribution is 5.94. The Balaban J connectivity index is 1.94. The minimum absolute atomic E-state index is 0.226. The molecule has 2 aromatic rings. The highest BCUT2D eigenvalue weighted by atomic mass is 19.1. The lowest BCUT2D eigenvalue weighted by molar-refractivity contribution is 0.0951. The molecule has 0 aliphatic carbocycles. The standard InChI is InChI=1S/C15H14FNO2/c1-19-14-8-2-11(3-9-14)10-17-15(18)12-4-6-13(16)7-5-12/h2-9H,10H2,1H3,(H,17,18). The number of hydrogen-bond acceptors (Lipinski definition) is 2. The molecule has 4 heteroatoms. The lowest BCUT2D eigenvalue weighted by Gasteiger charge is -2.06. The number of halogens is 1. The van der Waals surface area contributed by atoms with E-state index in [-0.39, 0.29) is 11.7 Å². The molecule has 0 unspecified atom stereocenters. The van der Waals surface area contributed by atoms with E-state index in [2.05, 4.69) is 5.32 Å². The molecule has 98 valence electrons. The molecule has 0 aliphatic rings. The lowest BCUT2D eigenvalue weighted by atomic mass is 10.2. The molecular weight excluding hydrogens is 245 g/mol. The topological polar surface area (TPSA) is 38.3 Å². The van der Waals surface area contributed by atoms with Crippen LogP contribution in [0.1, 0.15) is 15.9 Å². The Morgan fingerprint density at radius 3 is 2.32 bits per heavy atom. The van der Waals surface area contributed by atoms with Crippen LogP contribution in [-0.2, 0) is 6.54 Å². The zero-order chi connectivity index (χ0) is 13.7. The molecular formula is C15H14FNO2. The highest BCUT2D eigenvalue weighted by Crippen LogP contribution is 2.11. The largest absolute Gasteiger partial charge is 0.497 e. The van der Waals surface area contributed by atoms with E-state index in [9.17, 15) is 9.18 Å². The second-order valence-electron chi connectivity index (χ2n) is 4.04. The minimum Gasteiger partial charge on any atom is -0.497 e. The molecule has 0 saturated carbocycles. The Morgan fingerprint density at radius 1 is 1.11 bits per heavy atom. The molecule has 0 fully saturated rings. The summed E-state index contributed by atoms with van der Waals surface area (Å²) in [5.41, 5.74) is 1.41. The summed E-state index contributed by atoms with van der Waals surface area (Å²) in [5.74, 6) is 0.191. The van der Waals surface area contributed by atoms with Crippen LogP contribution in [0.5, 0.6) is 5.75 Å². The van der Waals surface area contributed by atoms with E-state index in [1.54, 1.807) is 7.11 Å². The van der Waals surface area contributed by atoms with E-state index < -0.39 is 0 Å². The van der Waals surface area contributed by atoms with Crippen molar-refractivity contribution < 1.29 is 13.9 Å². The number of nitrogens with one attached hydrogen (secondary N) is 1. The second kappa shape index (κ2) is 6.00. The van der Waals surface area contributed by atoms with Crippen LogP contribution in [0.15, 0.2) is 48.5 Å². The summed E-state index contributed by atoms with van der Waals surface area (Å²) in [5, 5.41) is 2.77. The first kappa shape index (κ1) is 13.1. The molecule has 19 heavy (non-hydrogen) atoms. The molecule has 0 aliphatic heterocycles. The van der Waals surface area contributed by atoms with Gasteiger partial charge in [0.15, 0.2) is 0 Å². The van der Waals surface area contributed by atoms with Crippen LogP contribution in [0.25, 0.3) is 0 Å². The summed E-state index contributed by atoms with van der Waals surface area (Å²) in [6.45, 7) is 0.417. The van der Waals surface area contributed by atoms with Crippen molar-refractivity contribution in [2.45, 2.75) is 6.54 Å². The maximum Gasteiger partial charge on any atom is 0.251 e. The summed E-state index contributed by atoms with van der Waals surface area (Å²) in [6, 6.07) is 12.9. The fraction of sp³-hybridized carbons (Fsp3) is 0.133. The quantitative estimate of drug-likeness (QED) is 0.916. The monoisotopic (exact) mass is 259 g/mol. The maximum atomic E-state index is 12.7. The number of carbonyl (C=O) groups is 1. The average Bonchev–Trinajstić information content (AvgIpc) is 2.46. The second-order valence-corrected chi connectivity index (χ2v) is 4.04. The number of ether oxygens (including phenoxy) is 1. The molecule has 2 rings (SSSR count). The van der Waals surface area contributed by atoms with Crippen LogP contribution in [0.2, 0.25) is 0 Å². The summed E-state index contributed by atoms with van der Waals surface area (Å²) >= 11 is 0. The van der Waals surface area contributed by atoms with Gasteiger partial charge in [0.25, 0.3) is 5.91 Å². The Kier molecular flexibility index (Phi) is 4.13. The number of hydrogen-bond donors (Lipinski definition) is 1. The van der Waals surface area contributed by atoms with Crippen LogP contribution in [0.3, 0.4) is 0 Å². The van der Waals surface area contributed by atoms with Crippen LogP contribution in [0, 0.1) is 5.82 Å². The fourth-order valence-corrected chi connectivity index (χ4v) is 1.63. The van der Waals surface area contributed by atoms with E-state index in [0.29, 0.717) is 12.1 Å². The van der Waals surface area contributed by atoms with E-state index >= 15 is 0 Å². The molecule has 0 atom stereocenters. The van der Waals surface area contributed by atoms with Gasteiger partial charge in [0, 0.05) is 12.1 Å². The zero-order valence-electron chi connectivity index (χ0n) is 10.5. The Morgan fingerprint density at radius 2 is 1.74 bits per heavy atom. The predicted molar refractivity (Wildman–Crippen MR) is 70.6 cm³/mol. The first-order chi connectivity index (χ1) is 9.19. The molecule has 0 radical (unpaired) electrons. The number of methoxy groups -OCH3 is 1. The summed E-state index contributed by atoms with van der Waals surface area (Å²) in [7, 11) is 1.60. The van der Waals surface area contributed by atoms with E-state index in [1.165, 1.54) is 24.3 Å². The van der Waals surface area contributed by atoms with Gasteiger partial charge < -0.3 is 10.1 Å². The van der Waals surface area contributed by atoms with Gasteiger partial charge in [0.2, 0.25) is 0 Å². The van der Waals surface area contributed by atoms with Gasteiger partial charge >= 0.3 is 0 Å². The van der Waals surface area contributed by atoms with Crippen molar-refractivity contribution in [2.75, 3.05) is 7.11 Å². The van der Waals surface area contributed by atoms with Crippen LogP contribution in [0.4, 0.5) is 4.39 Å². The van der Waals surface area contributed by atoms with Gasteiger partial charge in [-0.1, -0.05) is 12.1 Å². The molecule has 1 amide bonds. The third-order valence-corrected chi connectivity index (χ3v) is 2.72. The van der Waals surface area contributed by atoms with E-state index in [0.717, 1.165) is 11.3 Å². The summed E-state index contributed by atoms with van der Waals surface area (Å²) < 4.78 is 17.8. The van der Waals surface area contributed by atoms with Crippen LogP contribution in [-0.4, -0.2) is 13.0 Å². The third-order valence-electron chi connectivity index (χ3n) is 2.72. The van der Waals surface area contributed by atoms with Crippen molar-refractivity contribution >= 4 is 5.91 Å². The fourth-order valence-electron chi connectivity index (χ4n) is 1.63. The number of carbonyl (C=O) groups excluding carboxylic acids is 1. The van der Waals surface area contributed by atoms with E-state index in [4.69, 9.17) is 4.74 Å². The Labute approximate surface area is 111 Å². The average molecular weight is 259 g/mol. The summed E-state index contributed by atoms with van der Waals surface area (Å²) in [6.07, 6.45) is 0. The van der Waals surface area contributed by atoms with Gasteiger partial charge in [-0.05, 0) is 42.0 Å². The van der Waals surface area contributed by atoms with Crippen molar-refractivity contribution in [3.8, 4) is 5.75 Å². The maximum absolute atomic E-state index is 12.7. The number of amides is 1. The Hall–Kier alpha value is -2.36. The minimum atomic E-state index is -0.355. The van der Waals surface area contributed by atoms with Crippen molar-refractivity contribution in [3.63, 3.8) is 0 Å². The van der Waals surface area contributed by atoms with Gasteiger partial charge in [-0.15, -0.1) is 0 Å². The first-order valence-corrected chi connectivity index (χ1v) is 5.86. The lowest BCUT2D eigenvalue weighted by Crippen LogP contribution is -2.22. The van der Waals surface area contributed by atoms with Crippen LogP contribution < -0.4 is 10.1 Å². The van der Waals surface area contributed by atoms with Crippen molar-refractivity contribution in [1.29, 1.82) is 0 Å². The SMILES string of the molecule is COc1ccc(CNC(=O)c2ccc(F)cc2)cc1. The first-order valence-electron chi connectivity index (χ1n) is 5.86. The van der Waals surface area contributed by atoms with Gasteiger partial charge in [-0.2, -0.15) is 0 Å². The molecule has 0 bridgehead atoms. The van der Waals surface area contributed by atoms with Crippen LogP contribution >= 0.6 is 0 Å². The van der Waals surface area contributed by atoms with Crippen molar-refractivity contribution in [2.24, 2.45) is 0 Å². The third kappa shape index (κ3) is 3.55. The van der Waals surface area contributed by atoms with Gasteiger partial charge in [0.05, 0.1) is 7.11 Å². The van der Waals surface area contributed by atoms with Gasteiger partial charge in [-0.25, -0.2) is 4.39 Å². The molecule has 2 aromatic carbocycles. The van der Waals surface area contributed by atoms with Gasteiger partial charge in [-0.3, -0.25) is 4.79 Å². The smallest absolute Gasteiger partial charge is 0.251 e. The molecule has 0 heterocycles. The van der Waals surface area contributed by atoms with Gasteiger partial charge in [0.1, 0.15) is 11.6 Å². The van der Waals surface area contributed by atoms with E-state index in [1.807, 2.05) is 24.3 Å². The predicted octanol–water partition coefficient (Wildman–Crippen LogP) is 2.76. The molecule has 3 nitrogen and oxygen atoms in total. The molecule has 0 aromatic heterocycles. The van der Waals surface area contributed by atoms with Crippen molar-refractivity contribution in [3.05, 3.63) is 65.5 Å². The number of benzene rings is 2. The van der Waals surface area contributed by atoms with Crippen molar-refractivity contribution in [1.82, 2.24) is 5.32 Å². The molecule has 0 saturated heterocycles. The number of rotatable bonds is 4. The Bertz CT molecular complexity index is 549. The zero-order valence-corrected chi connectivity index (χ0v) is 10.5. The highest BCUT2D eigenvalue weighted by Gasteiger charge is 2.05. The normalized spacial score (nSPS) is 10.0. The molecule has 1 N–H and O–H groups in total.